The minimum Gasteiger partial charge on any atom is -0.468 e. The van der Waals surface area contributed by atoms with Crippen LogP contribution in [-0.4, -0.2) is 22.1 Å². The summed E-state index contributed by atoms with van der Waals surface area (Å²) in [6.07, 6.45) is 2.28. The van der Waals surface area contributed by atoms with Crippen LogP contribution >= 0.6 is 23.4 Å². The fourth-order valence-electron chi connectivity index (χ4n) is 2.78. The molecule has 0 spiro atoms. The number of nitrogens with one attached hydrogen (secondary N) is 2. The number of hydrogen-bond acceptors (Lipinski definition) is 6. The highest BCUT2D eigenvalue weighted by molar-refractivity contribution is 8.13. The molecule has 1 aromatic heterocycles. The van der Waals surface area contributed by atoms with E-state index in [0.717, 1.165) is 22.2 Å². The predicted octanol–water partition coefficient (Wildman–Crippen LogP) is 2.89. The van der Waals surface area contributed by atoms with E-state index in [0.29, 0.717) is 11.4 Å². The van der Waals surface area contributed by atoms with Crippen molar-refractivity contribution in [3.05, 3.63) is 59.0 Å². The number of hydrazone groups is 1. The quantitative estimate of drug-likeness (QED) is 0.878. The van der Waals surface area contributed by atoms with Crippen LogP contribution in [0.5, 0.6) is 0 Å². The summed E-state index contributed by atoms with van der Waals surface area (Å²) in [6, 6.07) is 11.1. The highest BCUT2D eigenvalue weighted by atomic mass is 35.5. The SMILES string of the molecule is O=C1NN=C(SCc2ccc(Cl)cc2)N2NC(c3ccco3)CC12. The fraction of sp³-hybridized carbons (Fsp3) is 0.250. The summed E-state index contributed by atoms with van der Waals surface area (Å²) in [6.45, 7) is 0. The normalized spacial score (nSPS) is 23.0. The molecule has 6 nitrogen and oxygen atoms in total. The van der Waals surface area contributed by atoms with Gasteiger partial charge in [0.2, 0.25) is 0 Å². The van der Waals surface area contributed by atoms with Gasteiger partial charge in [0, 0.05) is 17.2 Å². The number of hydrogen-bond donors (Lipinski definition) is 2. The zero-order valence-electron chi connectivity index (χ0n) is 12.6. The molecule has 1 fully saturated rings. The van der Waals surface area contributed by atoms with Crippen LogP contribution in [0, 0.1) is 0 Å². The first kappa shape index (κ1) is 15.6. The first-order valence-corrected chi connectivity index (χ1v) is 8.90. The number of nitrogens with zero attached hydrogens (tertiary/aromatic N) is 2. The van der Waals surface area contributed by atoms with Crippen molar-refractivity contribution in [2.75, 3.05) is 0 Å². The van der Waals surface area contributed by atoms with Crippen molar-refractivity contribution in [2.24, 2.45) is 5.10 Å². The van der Waals surface area contributed by atoms with Crippen LogP contribution in [0.1, 0.15) is 23.8 Å². The maximum atomic E-state index is 12.1. The number of fused-ring (bicyclic) bond motifs is 1. The van der Waals surface area contributed by atoms with Gasteiger partial charge < -0.3 is 4.42 Å². The van der Waals surface area contributed by atoms with Crippen molar-refractivity contribution < 1.29 is 9.21 Å². The van der Waals surface area contributed by atoms with E-state index >= 15 is 0 Å². The predicted molar refractivity (Wildman–Crippen MR) is 93.2 cm³/mol. The lowest BCUT2D eigenvalue weighted by molar-refractivity contribution is -0.125. The van der Waals surface area contributed by atoms with Gasteiger partial charge in [0.1, 0.15) is 11.8 Å². The largest absolute Gasteiger partial charge is 0.468 e. The van der Waals surface area contributed by atoms with Gasteiger partial charge in [-0.25, -0.2) is 10.9 Å². The second-order valence-electron chi connectivity index (χ2n) is 5.60. The molecule has 2 aliphatic rings. The second kappa shape index (κ2) is 6.51. The third-order valence-corrected chi connectivity index (χ3v) is 5.28. The minimum atomic E-state index is -0.287. The molecule has 2 N–H and O–H groups in total. The topological polar surface area (TPSA) is 69.9 Å². The van der Waals surface area contributed by atoms with Crippen LogP contribution in [0.25, 0.3) is 0 Å². The number of benzene rings is 1. The van der Waals surface area contributed by atoms with E-state index < -0.39 is 0 Å². The molecule has 0 saturated carbocycles. The highest BCUT2D eigenvalue weighted by Gasteiger charge is 2.42. The molecule has 1 saturated heterocycles. The van der Waals surface area contributed by atoms with Gasteiger partial charge in [0.05, 0.1) is 12.3 Å². The Morgan fingerprint density at radius 1 is 1.33 bits per heavy atom. The monoisotopic (exact) mass is 362 g/mol. The van der Waals surface area contributed by atoms with Crippen LogP contribution < -0.4 is 10.9 Å². The number of halogens is 1. The summed E-state index contributed by atoms with van der Waals surface area (Å²) in [5.74, 6) is 1.45. The van der Waals surface area contributed by atoms with Gasteiger partial charge >= 0.3 is 0 Å². The van der Waals surface area contributed by atoms with E-state index in [2.05, 4.69) is 16.0 Å². The average Bonchev–Trinajstić information content (AvgIpc) is 3.25. The summed E-state index contributed by atoms with van der Waals surface area (Å²) >= 11 is 7.47. The number of carbonyl (C=O) groups is 1. The molecule has 0 bridgehead atoms. The van der Waals surface area contributed by atoms with E-state index in [1.807, 2.05) is 41.4 Å². The van der Waals surface area contributed by atoms with Gasteiger partial charge in [-0.15, -0.1) is 5.10 Å². The Kier molecular flexibility index (Phi) is 4.22. The maximum absolute atomic E-state index is 12.1. The third-order valence-electron chi connectivity index (χ3n) is 4.00. The van der Waals surface area contributed by atoms with Crippen LogP contribution in [0.2, 0.25) is 5.02 Å². The molecule has 3 heterocycles. The smallest absolute Gasteiger partial charge is 0.264 e. The Hall–Kier alpha value is -1.96. The Balaban J connectivity index is 1.47. The summed E-state index contributed by atoms with van der Waals surface area (Å²) < 4.78 is 5.45. The lowest BCUT2D eigenvalue weighted by Crippen LogP contribution is -2.52. The molecular formula is C16H15ClN4O2S. The number of furan rings is 1. The van der Waals surface area contributed by atoms with Crippen LogP contribution in [0.15, 0.2) is 52.2 Å². The zero-order chi connectivity index (χ0) is 16.5. The van der Waals surface area contributed by atoms with Crippen LogP contribution in [0.3, 0.4) is 0 Å². The van der Waals surface area contributed by atoms with Gasteiger partial charge in [-0.1, -0.05) is 35.5 Å². The van der Waals surface area contributed by atoms with Crippen molar-refractivity contribution >= 4 is 34.4 Å². The molecule has 2 atom stereocenters. The fourth-order valence-corrected chi connectivity index (χ4v) is 3.83. The zero-order valence-corrected chi connectivity index (χ0v) is 14.2. The summed E-state index contributed by atoms with van der Waals surface area (Å²) in [7, 11) is 0. The van der Waals surface area contributed by atoms with E-state index in [1.54, 1.807) is 18.0 Å². The molecule has 2 unspecified atom stereocenters. The van der Waals surface area contributed by atoms with Crippen molar-refractivity contribution in [3.8, 4) is 0 Å². The molecule has 2 aromatic rings. The minimum absolute atomic E-state index is 0.0322. The highest BCUT2D eigenvalue weighted by Crippen LogP contribution is 2.32. The number of rotatable bonds is 3. The number of amides is 1. The molecule has 1 amide bonds. The first-order chi connectivity index (χ1) is 11.7. The summed E-state index contributed by atoms with van der Waals surface area (Å²) in [5.41, 5.74) is 7.08. The molecule has 4 rings (SSSR count). The Morgan fingerprint density at radius 2 is 2.17 bits per heavy atom. The second-order valence-corrected chi connectivity index (χ2v) is 6.98. The standard InChI is InChI=1S/C16H15ClN4O2S/c17-11-5-3-10(4-6-11)9-24-16-19-18-15(22)13-8-12(20-21(13)16)14-2-1-7-23-14/h1-7,12-13,20H,8-9H2,(H,18,22). The average molecular weight is 363 g/mol. The van der Waals surface area contributed by atoms with Gasteiger partial charge in [-0.2, -0.15) is 0 Å². The number of amidine groups is 1. The summed E-state index contributed by atoms with van der Waals surface area (Å²) in [5, 5.41) is 7.48. The Bertz CT molecular complexity index is 763. The molecule has 0 radical (unpaired) electrons. The van der Waals surface area contributed by atoms with Gasteiger partial charge in [-0.05, 0) is 29.8 Å². The number of hydrazine groups is 1. The Morgan fingerprint density at radius 3 is 2.92 bits per heavy atom. The number of thioether (sulfide) groups is 1. The van der Waals surface area contributed by atoms with Crippen molar-refractivity contribution in [3.63, 3.8) is 0 Å². The Labute approximate surface area is 148 Å². The molecule has 1 aromatic carbocycles. The molecule has 24 heavy (non-hydrogen) atoms. The van der Waals surface area contributed by atoms with Gasteiger partial charge in [0.25, 0.3) is 5.91 Å². The first-order valence-electron chi connectivity index (χ1n) is 7.54. The van der Waals surface area contributed by atoms with E-state index in [1.165, 1.54) is 0 Å². The van der Waals surface area contributed by atoms with E-state index in [-0.39, 0.29) is 18.0 Å². The molecule has 124 valence electrons. The molecule has 8 heteroatoms. The van der Waals surface area contributed by atoms with Crippen molar-refractivity contribution in [1.82, 2.24) is 15.9 Å². The third kappa shape index (κ3) is 3.02. The number of carbonyl (C=O) groups excluding carboxylic acids is 1. The lowest BCUT2D eigenvalue weighted by Gasteiger charge is -2.29. The molecule has 2 aliphatic heterocycles. The summed E-state index contributed by atoms with van der Waals surface area (Å²) in [4.78, 5) is 12.1. The van der Waals surface area contributed by atoms with Gasteiger partial charge in [0.15, 0.2) is 5.17 Å². The molecule has 0 aliphatic carbocycles. The van der Waals surface area contributed by atoms with Crippen molar-refractivity contribution in [1.29, 1.82) is 0 Å². The van der Waals surface area contributed by atoms with Gasteiger partial charge in [-0.3, -0.25) is 9.80 Å². The lowest BCUT2D eigenvalue weighted by atomic mass is 10.1. The maximum Gasteiger partial charge on any atom is 0.264 e. The van der Waals surface area contributed by atoms with Crippen LogP contribution in [0.4, 0.5) is 0 Å². The van der Waals surface area contributed by atoms with E-state index in [9.17, 15) is 4.79 Å². The van der Waals surface area contributed by atoms with E-state index in [4.69, 9.17) is 16.0 Å². The van der Waals surface area contributed by atoms with Crippen molar-refractivity contribution in [2.45, 2.75) is 24.3 Å². The van der Waals surface area contributed by atoms with Crippen LogP contribution in [-0.2, 0) is 10.5 Å². The molecular weight excluding hydrogens is 348 g/mol.